The van der Waals surface area contributed by atoms with Crippen LogP contribution in [0.4, 0.5) is 0 Å². The summed E-state index contributed by atoms with van der Waals surface area (Å²) in [6, 6.07) is -10.6. The van der Waals surface area contributed by atoms with E-state index in [2.05, 4.69) is 42.2 Å². The molecule has 17 N–H and O–H groups in total. The lowest BCUT2D eigenvalue weighted by molar-refractivity contribution is -0.143. The van der Waals surface area contributed by atoms with E-state index in [-0.39, 0.29) is 75.3 Å². The first-order valence-corrected chi connectivity index (χ1v) is 27.5. The van der Waals surface area contributed by atoms with E-state index in [1.807, 2.05) is 20.8 Å². The summed E-state index contributed by atoms with van der Waals surface area (Å²) in [5.74, 6) is -7.41. The summed E-state index contributed by atoms with van der Waals surface area (Å²) in [6.07, 6.45) is 5.28. The van der Waals surface area contributed by atoms with Crippen LogP contribution >= 0.6 is 11.8 Å². The Morgan fingerprint density at radius 1 is 0.649 bits per heavy atom. The second-order valence-corrected chi connectivity index (χ2v) is 21.1. The Bertz CT molecular complexity index is 1860. The van der Waals surface area contributed by atoms with Gasteiger partial charge in [-0.2, -0.15) is 11.8 Å². The normalized spacial score (nSPS) is 17.5. The predicted molar refractivity (Wildman–Crippen MR) is 285 cm³/mol. The highest BCUT2D eigenvalue weighted by Gasteiger charge is 2.41. The number of thioether (sulfide) groups is 1. The quantitative estimate of drug-likeness (QED) is 0.0201. The first-order chi connectivity index (χ1) is 34.9. The summed E-state index contributed by atoms with van der Waals surface area (Å²) >= 11 is 1.38. The maximum Gasteiger partial charge on any atom is 0.326 e. The molecule has 1 aliphatic rings. The smallest absolute Gasteiger partial charge is 0.326 e. The monoisotopic (exact) mass is 1070 g/mol. The average molecular weight is 1070 g/mol. The zero-order valence-corrected chi connectivity index (χ0v) is 46.0. The molecule has 0 aliphatic carbocycles. The SMILES string of the molecule is CC[C@H](C)[C@H](NC(=O)[C@H](CCCCN)NC(=O)[C@@H]1CCCN1C(=O)[C@H](CCCN=C(N)N)NC(=O)[C@@H](NC(=O)[C@@H](N)CC(C)C)[C@@H](C)CC)C(=O)N[C@@H](CC(C)C)C(=O)N[C@@H](CO)C(=O)N[C@@H](CCSC)C(=O)O. The Morgan fingerprint density at radius 3 is 1.68 bits per heavy atom. The van der Waals surface area contributed by atoms with E-state index < -0.39 is 120 Å². The molecule has 0 aromatic carbocycles. The number of hydrogen-bond donors (Lipinski definition) is 13. The molecule has 24 nitrogen and oxygen atoms in total. The summed E-state index contributed by atoms with van der Waals surface area (Å²) in [6.45, 7) is 14.4. The summed E-state index contributed by atoms with van der Waals surface area (Å²) < 4.78 is 0. The Hall–Kier alpha value is -5.27. The number of nitrogens with one attached hydrogen (secondary N) is 7. The van der Waals surface area contributed by atoms with E-state index in [4.69, 9.17) is 22.9 Å². The summed E-state index contributed by atoms with van der Waals surface area (Å²) in [7, 11) is 0. The first-order valence-electron chi connectivity index (χ1n) is 26.1. The van der Waals surface area contributed by atoms with Crippen molar-refractivity contribution in [1.82, 2.24) is 42.1 Å². The van der Waals surface area contributed by atoms with Crippen LogP contribution < -0.4 is 60.2 Å². The lowest BCUT2D eigenvalue weighted by Gasteiger charge is -2.32. The van der Waals surface area contributed by atoms with Crippen molar-refractivity contribution in [3.63, 3.8) is 0 Å². The van der Waals surface area contributed by atoms with Gasteiger partial charge in [-0.25, -0.2) is 4.79 Å². The molecule has 424 valence electrons. The fourth-order valence-electron chi connectivity index (χ4n) is 8.28. The third-order valence-corrected chi connectivity index (χ3v) is 13.7. The Kier molecular flexibility index (Phi) is 31.6. The molecule has 0 unspecified atom stereocenters. The Labute approximate surface area is 441 Å². The molecule has 11 atom stereocenters. The maximum absolute atomic E-state index is 14.5. The number of guanidine groups is 1. The van der Waals surface area contributed by atoms with Gasteiger partial charge >= 0.3 is 5.97 Å². The second-order valence-electron chi connectivity index (χ2n) is 20.1. The number of carboxylic acids is 1. The van der Waals surface area contributed by atoms with Gasteiger partial charge in [-0.05, 0) is 106 Å². The number of aliphatic hydroxyl groups excluding tert-OH is 1. The van der Waals surface area contributed by atoms with Crippen molar-refractivity contribution in [1.29, 1.82) is 0 Å². The van der Waals surface area contributed by atoms with Crippen molar-refractivity contribution in [2.45, 2.75) is 187 Å². The van der Waals surface area contributed by atoms with Gasteiger partial charge in [0.25, 0.3) is 0 Å². The van der Waals surface area contributed by atoms with Gasteiger partial charge in [0.2, 0.25) is 47.3 Å². The van der Waals surface area contributed by atoms with E-state index in [1.54, 1.807) is 40.9 Å². The van der Waals surface area contributed by atoms with Crippen molar-refractivity contribution >= 4 is 70.9 Å². The van der Waals surface area contributed by atoms with Gasteiger partial charge in [-0.3, -0.25) is 43.3 Å². The number of unbranched alkanes of at least 4 members (excludes halogenated alkanes) is 1. The number of aliphatic carboxylic acids is 1. The first kappa shape index (κ1) is 66.7. The standard InChI is InChI=1S/C49H91N13O11S/c1-10-29(7)38(60-40(64)31(51)24-27(3)4)45(69)56-33(17-14-21-54-49(52)53)47(71)62-22-15-18-37(62)44(68)55-32(16-12-13-20-50)41(65)61-39(30(8)11-2)46(70)58-35(25-28(5)6)42(66)59-36(26-63)43(67)57-34(48(72)73)19-23-74-9/h27-39,63H,10-26,50-51H2,1-9H3,(H,55,68)(H,56,69)(H,57,67)(H,58,70)(H,59,66)(H,60,64)(H,61,65)(H,72,73)(H4,52,53,54)/t29-,30-,31-,32-,33-,34-,35-,36-,37-,38-,39-/m0/s1. The van der Waals surface area contributed by atoms with Gasteiger partial charge in [0.05, 0.1) is 12.6 Å². The van der Waals surface area contributed by atoms with Crippen LogP contribution in [0.3, 0.4) is 0 Å². The zero-order valence-electron chi connectivity index (χ0n) is 45.2. The molecule has 1 fully saturated rings. The number of nitrogens with zero attached hydrogens (tertiary/aromatic N) is 2. The lowest BCUT2D eigenvalue weighted by atomic mass is 9.96. The van der Waals surface area contributed by atoms with Crippen LogP contribution in [0.2, 0.25) is 0 Å². The highest BCUT2D eigenvalue weighted by Crippen LogP contribution is 2.22. The van der Waals surface area contributed by atoms with Crippen molar-refractivity contribution in [3.8, 4) is 0 Å². The third-order valence-electron chi connectivity index (χ3n) is 13.0. The number of carbonyl (C=O) groups excluding carboxylic acids is 8. The van der Waals surface area contributed by atoms with E-state index in [0.717, 1.165) is 0 Å². The number of rotatable bonds is 36. The van der Waals surface area contributed by atoms with E-state index in [9.17, 15) is 53.4 Å². The average Bonchev–Trinajstić information content (AvgIpc) is 3.84. The maximum atomic E-state index is 14.5. The Balaban J connectivity index is 3.47. The number of aliphatic imine (C=N–C) groups is 1. The molecule has 1 heterocycles. The van der Waals surface area contributed by atoms with E-state index in [0.29, 0.717) is 50.8 Å². The molecule has 0 radical (unpaired) electrons. The molecular weight excluding hydrogens is 979 g/mol. The van der Waals surface area contributed by atoms with Crippen molar-refractivity contribution in [3.05, 3.63) is 0 Å². The molecule has 0 saturated carbocycles. The van der Waals surface area contributed by atoms with Gasteiger partial charge in [-0.1, -0.05) is 68.2 Å². The topological polar surface area (TPSA) is 398 Å². The minimum atomic E-state index is -1.54. The summed E-state index contributed by atoms with van der Waals surface area (Å²) in [5.41, 5.74) is 23.0. The Morgan fingerprint density at radius 2 is 1.16 bits per heavy atom. The van der Waals surface area contributed by atoms with Crippen LogP contribution in [0, 0.1) is 23.7 Å². The summed E-state index contributed by atoms with van der Waals surface area (Å²) in [5, 5.41) is 38.4. The van der Waals surface area contributed by atoms with Crippen LogP contribution in [-0.2, 0) is 43.2 Å². The number of amides is 8. The lowest BCUT2D eigenvalue weighted by Crippen LogP contribution is -2.61. The number of carbonyl (C=O) groups is 9. The van der Waals surface area contributed by atoms with Gasteiger partial charge in [0.15, 0.2) is 5.96 Å². The number of hydrogen-bond acceptors (Lipinski definition) is 14. The van der Waals surface area contributed by atoms with Crippen LogP contribution in [0.5, 0.6) is 0 Å². The van der Waals surface area contributed by atoms with Crippen molar-refractivity contribution < 1.29 is 53.4 Å². The van der Waals surface area contributed by atoms with Gasteiger partial charge < -0.3 is 75.3 Å². The predicted octanol–water partition coefficient (Wildman–Crippen LogP) is -1.10. The molecule has 0 spiro atoms. The third kappa shape index (κ3) is 23.5. The second kappa shape index (κ2) is 35.1. The number of aliphatic hydroxyl groups is 1. The molecule has 1 aliphatic heterocycles. The zero-order chi connectivity index (χ0) is 56.2. The molecule has 8 amide bonds. The fourth-order valence-corrected chi connectivity index (χ4v) is 8.76. The minimum absolute atomic E-state index is 0.0755. The van der Waals surface area contributed by atoms with Crippen molar-refractivity contribution in [2.75, 3.05) is 38.2 Å². The molecule has 0 aromatic rings. The van der Waals surface area contributed by atoms with Crippen LogP contribution in [-0.4, -0.2) is 167 Å². The molecule has 1 rings (SSSR count). The molecule has 1 saturated heterocycles. The van der Waals surface area contributed by atoms with Crippen LogP contribution in [0.15, 0.2) is 4.99 Å². The fraction of sp³-hybridized carbons (Fsp3) is 0.796. The highest BCUT2D eigenvalue weighted by molar-refractivity contribution is 7.98. The van der Waals surface area contributed by atoms with Crippen molar-refractivity contribution in [2.24, 2.45) is 51.6 Å². The minimum Gasteiger partial charge on any atom is -0.480 e. The van der Waals surface area contributed by atoms with Gasteiger partial charge in [-0.15, -0.1) is 0 Å². The highest BCUT2D eigenvalue weighted by atomic mass is 32.2. The molecule has 25 heteroatoms. The molecule has 0 aromatic heterocycles. The van der Waals surface area contributed by atoms with Gasteiger partial charge in [0.1, 0.15) is 48.3 Å². The van der Waals surface area contributed by atoms with E-state index >= 15 is 0 Å². The van der Waals surface area contributed by atoms with E-state index in [1.165, 1.54) is 16.7 Å². The van der Waals surface area contributed by atoms with Gasteiger partial charge in [0, 0.05) is 13.1 Å². The molecule has 74 heavy (non-hydrogen) atoms. The summed E-state index contributed by atoms with van der Waals surface area (Å²) in [4.78, 5) is 128. The van der Waals surface area contributed by atoms with Crippen LogP contribution in [0.1, 0.15) is 132 Å². The van der Waals surface area contributed by atoms with Crippen LogP contribution in [0.25, 0.3) is 0 Å². The number of nitrogens with two attached hydrogens (primary N) is 4. The molecular formula is C49H91N13O11S. The number of likely N-dealkylation sites (tertiary alicyclic amines) is 1. The molecule has 0 bridgehead atoms. The number of carboxylic acid groups (broad SMARTS) is 1. The largest absolute Gasteiger partial charge is 0.480 e.